The minimum atomic E-state index is 0.608. The summed E-state index contributed by atoms with van der Waals surface area (Å²) >= 11 is 5.41. The molecule has 0 bridgehead atoms. The van der Waals surface area contributed by atoms with Gasteiger partial charge in [-0.15, -0.1) is 11.8 Å². The van der Waals surface area contributed by atoms with E-state index in [0.717, 1.165) is 10.4 Å². The van der Waals surface area contributed by atoms with Gasteiger partial charge in [-0.25, -0.2) is 0 Å². The van der Waals surface area contributed by atoms with Gasteiger partial charge in [0.25, 0.3) is 0 Å². The number of rotatable bonds is 5. The highest BCUT2D eigenvalue weighted by molar-refractivity contribution is 9.10. The quantitative estimate of drug-likeness (QED) is 0.827. The molecule has 1 rings (SSSR count). The Bertz CT molecular complexity index is 312. The molecule has 0 amide bonds. The number of thioether (sulfide) groups is 1. The molecule has 0 fully saturated rings. The van der Waals surface area contributed by atoms with Gasteiger partial charge >= 0.3 is 0 Å². The van der Waals surface area contributed by atoms with Gasteiger partial charge in [0, 0.05) is 15.9 Å². The molecule has 0 aliphatic carbocycles. The maximum Gasteiger partial charge on any atom is 0.0189 e. The summed E-state index contributed by atoms with van der Waals surface area (Å²) in [6.45, 7) is 5.12. The lowest BCUT2D eigenvalue weighted by Crippen LogP contribution is -1.96. The largest absolute Gasteiger partial charge is 0.326 e. The van der Waals surface area contributed by atoms with E-state index >= 15 is 0 Å². The van der Waals surface area contributed by atoms with E-state index in [1.807, 2.05) is 11.8 Å². The van der Waals surface area contributed by atoms with Gasteiger partial charge in [0.2, 0.25) is 0 Å². The predicted octanol–water partition coefficient (Wildman–Crippen LogP) is 4.05. The maximum atomic E-state index is 5.63. The molecule has 15 heavy (non-hydrogen) atoms. The summed E-state index contributed by atoms with van der Waals surface area (Å²) in [5.41, 5.74) is 6.83. The number of benzene rings is 1. The Kier molecular flexibility index (Phi) is 5.72. The van der Waals surface area contributed by atoms with E-state index in [9.17, 15) is 0 Å². The van der Waals surface area contributed by atoms with E-state index in [4.69, 9.17) is 5.73 Å². The van der Waals surface area contributed by atoms with Crippen molar-refractivity contribution in [1.82, 2.24) is 0 Å². The summed E-state index contributed by atoms with van der Waals surface area (Å²) in [4.78, 5) is 1.31. The van der Waals surface area contributed by atoms with E-state index in [1.165, 1.54) is 22.6 Å². The molecule has 2 N–H and O–H groups in total. The first-order chi connectivity index (χ1) is 7.11. The van der Waals surface area contributed by atoms with Crippen LogP contribution in [0, 0.1) is 5.92 Å². The number of hydrogen-bond donors (Lipinski definition) is 1. The summed E-state index contributed by atoms with van der Waals surface area (Å²) in [5.74, 6) is 1.96. The Hall–Kier alpha value is 0.01000. The highest BCUT2D eigenvalue weighted by Crippen LogP contribution is 2.25. The summed E-state index contributed by atoms with van der Waals surface area (Å²) in [7, 11) is 0. The van der Waals surface area contributed by atoms with Crippen molar-refractivity contribution in [3.8, 4) is 0 Å². The van der Waals surface area contributed by atoms with Crippen LogP contribution in [0.3, 0.4) is 0 Å². The van der Waals surface area contributed by atoms with Crippen LogP contribution in [0.25, 0.3) is 0 Å². The molecule has 3 heteroatoms. The zero-order valence-corrected chi connectivity index (χ0v) is 11.7. The number of hydrogen-bond acceptors (Lipinski definition) is 2. The van der Waals surface area contributed by atoms with Crippen LogP contribution in [0.5, 0.6) is 0 Å². The van der Waals surface area contributed by atoms with Crippen molar-refractivity contribution in [3.63, 3.8) is 0 Å². The van der Waals surface area contributed by atoms with Gasteiger partial charge in [0.15, 0.2) is 0 Å². The first kappa shape index (κ1) is 13.1. The third-order valence-corrected chi connectivity index (χ3v) is 3.60. The Morgan fingerprint density at radius 3 is 2.67 bits per heavy atom. The Labute approximate surface area is 105 Å². The molecular formula is C12H18BrNS. The lowest BCUT2D eigenvalue weighted by Gasteiger charge is -2.06. The fourth-order valence-electron chi connectivity index (χ4n) is 1.23. The highest BCUT2D eigenvalue weighted by atomic mass is 79.9. The van der Waals surface area contributed by atoms with Gasteiger partial charge < -0.3 is 5.73 Å². The molecule has 0 saturated carbocycles. The molecule has 0 atom stereocenters. The van der Waals surface area contributed by atoms with Crippen LogP contribution in [-0.4, -0.2) is 5.75 Å². The predicted molar refractivity (Wildman–Crippen MR) is 72.2 cm³/mol. The molecule has 0 saturated heterocycles. The van der Waals surface area contributed by atoms with Crippen molar-refractivity contribution in [3.05, 3.63) is 28.2 Å². The van der Waals surface area contributed by atoms with Crippen molar-refractivity contribution in [1.29, 1.82) is 0 Å². The average molecular weight is 288 g/mol. The topological polar surface area (TPSA) is 26.0 Å². The van der Waals surface area contributed by atoms with Gasteiger partial charge in [-0.1, -0.05) is 29.8 Å². The molecule has 1 aromatic carbocycles. The normalized spacial score (nSPS) is 11.0. The fraction of sp³-hybridized carbons (Fsp3) is 0.500. The second-order valence-electron chi connectivity index (χ2n) is 4.03. The standard InChI is InChI=1S/C12H18BrNS/c1-9(2)3-4-15-12-6-10(8-14)5-11(13)7-12/h5-7,9H,3-4,8,14H2,1-2H3. The Morgan fingerprint density at radius 2 is 2.07 bits per heavy atom. The second kappa shape index (κ2) is 6.56. The van der Waals surface area contributed by atoms with Crippen LogP contribution in [0.4, 0.5) is 0 Å². The summed E-state index contributed by atoms with van der Waals surface area (Å²) in [6, 6.07) is 6.41. The highest BCUT2D eigenvalue weighted by Gasteiger charge is 2.00. The molecule has 0 heterocycles. The molecule has 0 aliphatic rings. The minimum absolute atomic E-state index is 0.608. The van der Waals surface area contributed by atoms with Crippen LogP contribution < -0.4 is 5.73 Å². The number of halogens is 1. The van der Waals surface area contributed by atoms with Crippen molar-refractivity contribution in [2.45, 2.75) is 31.7 Å². The van der Waals surface area contributed by atoms with Crippen LogP contribution in [0.1, 0.15) is 25.8 Å². The smallest absolute Gasteiger partial charge is 0.0189 e. The van der Waals surface area contributed by atoms with E-state index in [1.54, 1.807) is 0 Å². The van der Waals surface area contributed by atoms with Gasteiger partial charge in [-0.05, 0) is 41.9 Å². The van der Waals surface area contributed by atoms with Crippen molar-refractivity contribution in [2.24, 2.45) is 11.7 Å². The lowest BCUT2D eigenvalue weighted by atomic mass is 10.2. The summed E-state index contributed by atoms with van der Waals surface area (Å²) < 4.78 is 1.12. The molecule has 1 aromatic rings. The maximum absolute atomic E-state index is 5.63. The zero-order valence-electron chi connectivity index (χ0n) is 9.29. The monoisotopic (exact) mass is 287 g/mol. The molecule has 0 spiro atoms. The summed E-state index contributed by atoms with van der Waals surface area (Å²) in [6.07, 6.45) is 1.26. The van der Waals surface area contributed by atoms with Crippen molar-refractivity contribution < 1.29 is 0 Å². The minimum Gasteiger partial charge on any atom is -0.326 e. The number of nitrogens with two attached hydrogens (primary N) is 1. The first-order valence-corrected chi connectivity index (χ1v) is 7.02. The van der Waals surface area contributed by atoms with E-state index in [0.29, 0.717) is 6.54 Å². The van der Waals surface area contributed by atoms with Crippen LogP contribution in [0.2, 0.25) is 0 Å². The van der Waals surface area contributed by atoms with Gasteiger partial charge in [-0.3, -0.25) is 0 Å². The Morgan fingerprint density at radius 1 is 1.33 bits per heavy atom. The molecule has 84 valence electrons. The van der Waals surface area contributed by atoms with Crippen molar-refractivity contribution in [2.75, 3.05) is 5.75 Å². The molecule has 0 radical (unpaired) electrons. The molecular weight excluding hydrogens is 270 g/mol. The third-order valence-electron chi connectivity index (χ3n) is 2.13. The molecule has 1 nitrogen and oxygen atoms in total. The van der Waals surface area contributed by atoms with Crippen LogP contribution >= 0.6 is 27.7 Å². The Balaban J connectivity index is 2.56. The first-order valence-electron chi connectivity index (χ1n) is 5.24. The fourth-order valence-corrected chi connectivity index (χ4v) is 3.20. The molecule has 0 aliphatic heterocycles. The lowest BCUT2D eigenvalue weighted by molar-refractivity contribution is 0.632. The third kappa shape index (κ3) is 5.05. The van der Waals surface area contributed by atoms with Crippen molar-refractivity contribution >= 4 is 27.7 Å². The van der Waals surface area contributed by atoms with Gasteiger partial charge in [-0.2, -0.15) is 0 Å². The summed E-state index contributed by atoms with van der Waals surface area (Å²) in [5, 5.41) is 0. The second-order valence-corrected chi connectivity index (χ2v) is 6.11. The SMILES string of the molecule is CC(C)CCSc1cc(Br)cc(CN)c1. The average Bonchev–Trinajstić information content (AvgIpc) is 2.16. The molecule has 0 aromatic heterocycles. The van der Waals surface area contributed by atoms with Gasteiger partial charge in [0.05, 0.1) is 0 Å². The zero-order chi connectivity index (χ0) is 11.3. The van der Waals surface area contributed by atoms with E-state index < -0.39 is 0 Å². The van der Waals surface area contributed by atoms with Crippen LogP contribution in [-0.2, 0) is 6.54 Å². The van der Waals surface area contributed by atoms with Gasteiger partial charge in [0.1, 0.15) is 0 Å². The van der Waals surface area contributed by atoms with E-state index in [-0.39, 0.29) is 0 Å². The molecule has 0 unspecified atom stereocenters. The van der Waals surface area contributed by atoms with Crippen LogP contribution in [0.15, 0.2) is 27.6 Å². The van der Waals surface area contributed by atoms with E-state index in [2.05, 4.69) is 48.0 Å².